The maximum atomic E-state index is 14.0. The van der Waals surface area contributed by atoms with Crippen molar-refractivity contribution in [2.24, 2.45) is 0 Å². The molecular formula is C16H12FN5O3. The molecule has 1 N–H and O–H groups in total. The van der Waals surface area contributed by atoms with E-state index in [1.807, 2.05) is 0 Å². The third-order valence-electron chi connectivity index (χ3n) is 3.64. The van der Waals surface area contributed by atoms with Gasteiger partial charge < -0.3 is 14.8 Å². The van der Waals surface area contributed by atoms with E-state index in [0.717, 1.165) is 5.56 Å². The lowest BCUT2D eigenvalue weighted by molar-refractivity contribution is -0.115. The van der Waals surface area contributed by atoms with Crippen LogP contribution in [0.15, 0.2) is 42.7 Å². The number of nitrogens with zero attached hydrogens (tertiary/aromatic N) is 4. The molecule has 1 aliphatic heterocycles. The van der Waals surface area contributed by atoms with Crippen molar-refractivity contribution in [3.05, 3.63) is 54.1 Å². The zero-order chi connectivity index (χ0) is 17.2. The van der Waals surface area contributed by atoms with E-state index in [1.54, 1.807) is 18.2 Å². The van der Waals surface area contributed by atoms with Crippen LogP contribution in [0.25, 0.3) is 5.69 Å². The fourth-order valence-electron chi connectivity index (χ4n) is 2.46. The summed E-state index contributed by atoms with van der Waals surface area (Å²) in [5.41, 5.74) is 1.32. The molecule has 0 radical (unpaired) electrons. The van der Waals surface area contributed by atoms with Crippen LogP contribution in [0.1, 0.15) is 5.56 Å². The fourth-order valence-corrected chi connectivity index (χ4v) is 2.46. The van der Waals surface area contributed by atoms with Crippen molar-refractivity contribution < 1.29 is 18.7 Å². The topological polar surface area (TPSA) is 91.2 Å². The number of anilines is 1. The van der Waals surface area contributed by atoms with Crippen LogP contribution in [0.4, 0.5) is 10.1 Å². The summed E-state index contributed by atoms with van der Waals surface area (Å²) < 4.78 is 25.9. The van der Waals surface area contributed by atoms with E-state index >= 15 is 0 Å². The van der Waals surface area contributed by atoms with Gasteiger partial charge in [0, 0.05) is 0 Å². The number of nitrogens with one attached hydrogen (secondary N) is 1. The van der Waals surface area contributed by atoms with Gasteiger partial charge >= 0.3 is 0 Å². The summed E-state index contributed by atoms with van der Waals surface area (Å²) in [4.78, 5) is 12.2. The lowest BCUT2D eigenvalue weighted by Gasteiger charge is -2.09. The minimum Gasteiger partial charge on any atom is -0.454 e. The first-order valence-corrected chi connectivity index (χ1v) is 7.40. The van der Waals surface area contributed by atoms with Gasteiger partial charge in [-0.25, -0.2) is 9.07 Å². The normalized spacial score (nSPS) is 12.2. The summed E-state index contributed by atoms with van der Waals surface area (Å²) in [5, 5.41) is 13.3. The average molecular weight is 341 g/mol. The molecule has 0 saturated heterocycles. The number of carbonyl (C=O) groups is 1. The summed E-state index contributed by atoms with van der Waals surface area (Å²) in [6.45, 7) is 0.167. The molecule has 0 fully saturated rings. The van der Waals surface area contributed by atoms with E-state index in [9.17, 15) is 9.18 Å². The highest BCUT2D eigenvalue weighted by Crippen LogP contribution is 2.32. The predicted molar refractivity (Wildman–Crippen MR) is 84.0 cm³/mol. The first kappa shape index (κ1) is 15.1. The number of halogens is 1. The molecule has 2 aromatic carbocycles. The molecule has 1 aromatic heterocycles. The third-order valence-corrected chi connectivity index (χ3v) is 3.64. The maximum absolute atomic E-state index is 14.0. The molecule has 9 heteroatoms. The van der Waals surface area contributed by atoms with Crippen molar-refractivity contribution in [3.8, 4) is 17.2 Å². The Labute approximate surface area is 141 Å². The number of hydrogen-bond donors (Lipinski definition) is 1. The smallest absolute Gasteiger partial charge is 0.231 e. The van der Waals surface area contributed by atoms with Gasteiger partial charge in [0.1, 0.15) is 12.1 Å². The molecule has 8 nitrogen and oxygen atoms in total. The molecule has 0 saturated carbocycles. The van der Waals surface area contributed by atoms with Gasteiger partial charge in [-0.3, -0.25) is 4.79 Å². The van der Waals surface area contributed by atoms with Gasteiger partial charge in [0.25, 0.3) is 0 Å². The molecule has 0 spiro atoms. The Bertz CT molecular complexity index is 930. The van der Waals surface area contributed by atoms with E-state index in [-0.39, 0.29) is 24.8 Å². The van der Waals surface area contributed by atoms with Gasteiger partial charge in [0.05, 0.1) is 17.8 Å². The van der Waals surface area contributed by atoms with Gasteiger partial charge in [-0.1, -0.05) is 6.07 Å². The van der Waals surface area contributed by atoms with Crippen molar-refractivity contribution in [1.82, 2.24) is 20.2 Å². The number of aromatic nitrogens is 4. The quantitative estimate of drug-likeness (QED) is 0.777. The average Bonchev–Trinajstić information content (AvgIpc) is 3.27. The minimum absolute atomic E-state index is 0.0544. The monoisotopic (exact) mass is 341 g/mol. The Kier molecular flexibility index (Phi) is 3.73. The Balaban J connectivity index is 1.50. The van der Waals surface area contributed by atoms with E-state index in [1.165, 1.54) is 29.2 Å². The van der Waals surface area contributed by atoms with E-state index in [4.69, 9.17) is 9.47 Å². The molecule has 0 aliphatic carbocycles. The number of fused-ring (bicyclic) bond motifs is 1. The van der Waals surface area contributed by atoms with Crippen LogP contribution in [-0.2, 0) is 11.2 Å². The van der Waals surface area contributed by atoms with Crippen LogP contribution in [0, 0.1) is 5.82 Å². The minimum atomic E-state index is -0.545. The molecule has 4 rings (SSSR count). The largest absolute Gasteiger partial charge is 0.454 e. The number of tetrazole rings is 1. The van der Waals surface area contributed by atoms with Crippen LogP contribution < -0.4 is 14.8 Å². The number of benzene rings is 2. The van der Waals surface area contributed by atoms with Gasteiger partial charge in [-0.2, -0.15) is 0 Å². The van der Waals surface area contributed by atoms with Crippen molar-refractivity contribution in [3.63, 3.8) is 0 Å². The summed E-state index contributed by atoms with van der Waals surface area (Å²) >= 11 is 0. The summed E-state index contributed by atoms with van der Waals surface area (Å²) in [7, 11) is 0. The van der Waals surface area contributed by atoms with Crippen molar-refractivity contribution in [2.45, 2.75) is 6.42 Å². The summed E-state index contributed by atoms with van der Waals surface area (Å²) in [6.07, 6.45) is 1.46. The highest BCUT2D eigenvalue weighted by molar-refractivity contribution is 5.92. The van der Waals surface area contributed by atoms with Gasteiger partial charge in [-0.05, 0) is 46.3 Å². The molecule has 0 bridgehead atoms. The Morgan fingerprint density at radius 1 is 1.20 bits per heavy atom. The van der Waals surface area contributed by atoms with Crippen LogP contribution >= 0.6 is 0 Å². The standard InChI is InChI=1S/C16H12FN5O3/c17-12-3-2-11(22-8-18-20-21-22)7-13(12)19-16(23)6-10-1-4-14-15(5-10)25-9-24-14/h1-5,7-8H,6,9H2,(H,19,23). The SMILES string of the molecule is O=C(Cc1ccc2c(c1)OCO2)Nc1cc(-n2cnnn2)ccc1F. The Hall–Kier alpha value is -3.49. The van der Waals surface area contributed by atoms with Crippen molar-refractivity contribution >= 4 is 11.6 Å². The van der Waals surface area contributed by atoms with Gasteiger partial charge in [-0.15, -0.1) is 5.10 Å². The van der Waals surface area contributed by atoms with Gasteiger partial charge in [0.2, 0.25) is 12.7 Å². The predicted octanol–water partition coefficient (Wildman–Crippen LogP) is 1.71. The lowest BCUT2D eigenvalue weighted by Crippen LogP contribution is -2.15. The Morgan fingerprint density at radius 2 is 2.08 bits per heavy atom. The molecule has 0 atom stereocenters. The maximum Gasteiger partial charge on any atom is 0.231 e. The highest BCUT2D eigenvalue weighted by atomic mass is 19.1. The molecule has 1 amide bonds. The van der Waals surface area contributed by atoms with Crippen LogP contribution in [0.5, 0.6) is 11.5 Å². The first-order chi connectivity index (χ1) is 12.2. The van der Waals surface area contributed by atoms with Crippen LogP contribution in [-0.4, -0.2) is 32.9 Å². The number of carbonyl (C=O) groups excluding carboxylic acids is 1. The van der Waals surface area contributed by atoms with E-state index in [2.05, 4.69) is 20.8 Å². The number of rotatable bonds is 4. The summed E-state index contributed by atoms with van der Waals surface area (Å²) in [5.74, 6) is 0.337. The Morgan fingerprint density at radius 3 is 2.92 bits per heavy atom. The second-order valence-corrected chi connectivity index (χ2v) is 5.33. The molecule has 0 unspecified atom stereocenters. The second kappa shape index (κ2) is 6.19. The first-order valence-electron chi connectivity index (χ1n) is 7.40. The van der Waals surface area contributed by atoms with Gasteiger partial charge in [0.15, 0.2) is 11.5 Å². The molecule has 2 heterocycles. The lowest BCUT2D eigenvalue weighted by atomic mass is 10.1. The number of ether oxygens (including phenoxy) is 2. The highest BCUT2D eigenvalue weighted by Gasteiger charge is 2.15. The third kappa shape index (κ3) is 3.11. The molecular weight excluding hydrogens is 329 g/mol. The summed E-state index contributed by atoms with van der Waals surface area (Å²) in [6, 6.07) is 9.45. The van der Waals surface area contributed by atoms with Crippen LogP contribution in [0.3, 0.4) is 0 Å². The number of hydrogen-bond acceptors (Lipinski definition) is 6. The number of amides is 1. The van der Waals surface area contributed by atoms with Crippen molar-refractivity contribution in [2.75, 3.05) is 12.1 Å². The van der Waals surface area contributed by atoms with Crippen LogP contribution in [0.2, 0.25) is 0 Å². The zero-order valence-electron chi connectivity index (χ0n) is 12.8. The second-order valence-electron chi connectivity index (χ2n) is 5.33. The van der Waals surface area contributed by atoms with E-state index < -0.39 is 5.82 Å². The molecule has 25 heavy (non-hydrogen) atoms. The molecule has 126 valence electrons. The zero-order valence-corrected chi connectivity index (χ0v) is 12.8. The van der Waals surface area contributed by atoms with Crippen molar-refractivity contribution in [1.29, 1.82) is 0 Å². The molecule has 1 aliphatic rings. The fraction of sp³-hybridized carbons (Fsp3) is 0.125. The molecule has 3 aromatic rings. The van der Waals surface area contributed by atoms with E-state index in [0.29, 0.717) is 17.2 Å².